The van der Waals surface area contributed by atoms with Crippen LogP contribution in [0.15, 0.2) is 60.7 Å². The molecule has 3 aromatic rings. The topological polar surface area (TPSA) is 88.8 Å². The lowest BCUT2D eigenvalue weighted by atomic mass is 10.0. The van der Waals surface area contributed by atoms with Crippen molar-refractivity contribution in [3.05, 3.63) is 87.9 Å². The average Bonchev–Trinajstić information content (AvgIpc) is 2.81. The first-order valence-corrected chi connectivity index (χ1v) is 9.91. The summed E-state index contributed by atoms with van der Waals surface area (Å²) in [6.45, 7) is 0.240. The van der Waals surface area contributed by atoms with E-state index >= 15 is 0 Å². The Hall–Kier alpha value is -3.95. The van der Waals surface area contributed by atoms with Crippen molar-refractivity contribution in [3.8, 4) is 23.3 Å². The van der Waals surface area contributed by atoms with Crippen LogP contribution in [-0.2, 0) is 6.61 Å². The summed E-state index contributed by atoms with van der Waals surface area (Å²) in [7, 11) is 3.09. The van der Waals surface area contributed by atoms with Gasteiger partial charge in [-0.1, -0.05) is 29.8 Å². The van der Waals surface area contributed by atoms with E-state index in [-0.39, 0.29) is 12.2 Å². The van der Waals surface area contributed by atoms with Crippen LogP contribution in [0.1, 0.15) is 27.0 Å². The van der Waals surface area contributed by atoms with E-state index in [0.29, 0.717) is 33.4 Å². The number of ether oxygens (including phenoxy) is 3. The van der Waals surface area contributed by atoms with E-state index in [2.05, 4.69) is 6.07 Å². The van der Waals surface area contributed by atoms with Gasteiger partial charge >= 0.3 is 5.97 Å². The number of carboxylic acids is 1. The molecule has 0 heterocycles. The van der Waals surface area contributed by atoms with Crippen LogP contribution in [0.4, 0.5) is 0 Å². The molecule has 32 heavy (non-hydrogen) atoms. The third kappa shape index (κ3) is 5.39. The molecule has 0 spiro atoms. The Morgan fingerprint density at radius 2 is 1.62 bits per heavy atom. The van der Waals surface area contributed by atoms with Crippen LogP contribution in [0.5, 0.6) is 17.2 Å². The summed E-state index contributed by atoms with van der Waals surface area (Å²) in [6.07, 6.45) is 1.72. The lowest BCUT2D eigenvalue weighted by molar-refractivity contribution is 0.0697. The Balaban J connectivity index is 1.77. The summed E-state index contributed by atoms with van der Waals surface area (Å²) >= 11 is 6.37. The minimum Gasteiger partial charge on any atom is -0.493 e. The number of nitrogens with zero attached hydrogens (tertiary/aromatic N) is 1. The number of aromatic carboxylic acids is 1. The van der Waals surface area contributed by atoms with E-state index in [1.807, 2.05) is 0 Å². The molecule has 0 aliphatic heterocycles. The van der Waals surface area contributed by atoms with Crippen molar-refractivity contribution in [1.82, 2.24) is 0 Å². The predicted molar refractivity (Wildman–Crippen MR) is 122 cm³/mol. The molecule has 0 fully saturated rings. The number of hydrogen-bond acceptors (Lipinski definition) is 5. The van der Waals surface area contributed by atoms with Crippen LogP contribution in [-0.4, -0.2) is 25.3 Å². The summed E-state index contributed by atoms with van der Waals surface area (Å²) in [5, 5.41) is 19.0. The van der Waals surface area contributed by atoms with Crippen molar-refractivity contribution in [1.29, 1.82) is 5.26 Å². The maximum absolute atomic E-state index is 10.9. The molecule has 3 rings (SSSR count). The minimum atomic E-state index is -0.978. The minimum absolute atomic E-state index is 0.214. The number of nitriles is 1. The number of methoxy groups -OCH3 is 2. The second kappa shape index (κ2) is 10.4. The Morgan fingerprint density at radius 1 is 0.969 bits per heavy atom. The van der Waals surface area contributed by atoms with E-state index in [1.54, 1.807) is 61.7 Å². The first kappa shape index (κ1) is 22.7. The van der Waals surface area contributed by atoms with Crippen molar-refractivity contribution in [2.45, 2.75) is 6.61 Å². The van der Waals surface area contributed by atoms with Gasteiger partial charge in [-0.2, -0.15) is 5.26 Å². The molecule has 0 radical (unpaired) electrons. The molecular formula is C25H20ClNO5. The van der Waals surface area contributed by atoms with Gasteiger partial charge in [0.2, 0.25) is 0 Å². The Bertz CT molecular complexity index is 1200. The largest absolute Gasteiger partial charge is 0.493 e. The number of carbonyl (C=O) groups is 1. The fourth-order valence-corrected chi connectivity index (χ4v) is 3.22. The molecule has 0 aliphatic rings. The predicted octanol–water partition coefficient (Wildman–Crippen LogP) is 5.70. The van der Waals surface area contributed by atoms with Crippen LogP contribution >= 0.6 is 11.6 Å². The Morgan fingerprint density at radius 3 is 2.22 bits per heavy atom. The van der Waals surface area contributed by atoms with Crippen molar-refractivity contribution in [3.63, 3.8) is 0 Å². The second-order valence-corrected chi connectivity index (χ2v) is 7.13. The molecular weight excluding hydrogens is 430 g/mol. The van der Waals surface area contributed by atoms with Crippen LogP contribution in [0.2, 0.25) is 5.02 Å². The van der Waals surface area contributed by atoms with Gasteiger partial charge in [0.15, 0.2) is 11.5 Å². The number of benzene rings is 3. The number of hydrogen-bond donors (Lipinski definition) is 1. The summed E-state index contributed by atoms with van der Waals surface area (Å²) in [6, 6.07) is 19.1. The molecule has 0 unspecified atom stereocenters. The summed E-state index contributed by atoms with van der Waals surface area (Å²) in [5.41, 5.74) is 2.89. The van der Waals surface area contributed by atoms with E-state index in [1.165, 1.54) is 19.2 Å². The van der Waals surface area contributed by atoms with Crippen LogP contribution in [0.3, 0.4) is 0 Å². The van der Waals surface area contributed by atoms with Crippen LogP contribution < -0.4 is 14.2 Å². The van der Waals surface area contributed by atoms with Crippen LogP contribution in [0.25, 0.3) is 11.6 Å². The molecule has 0 aromatic heterocycles. The van der Waals surface area contributed by atoms with E-state index in [4.69, 9.17) is 30.9 Å². The number of allylic oxidation sites excluding steroid dienone is 1. The van der Waals surface area contributed by atoms with Gasteiger partial charge in [-0.25, -0.2) is 4.79 Å². The van der Waals surface area contributed by atoms with Gasteiger partial charge in [0.05, 0.1) is 36.4 Å². The van der Waals surface area contributed by atoms with Gasteiger partial charge in [0.1, 0.15) is 12.4 Å². The highest BCUT2D eigenvalue weighted by Gasteiger charge is 2.10. The lowest BCUT2D eigenvalue weighted by Crippen LogP contribution is -1.99. The molecule has 0 amide bonds. The molecule has 162 valence electrons. The molecule has 0 aliphatic carbocycles. The Kier molecular flexibility index (Phi) is 7.37. The zero-order chi connectivity index (χ0) is 23.1. The molecule has 0 saturated carbocycles. The number of carboxylic acid groups (broad SMARTS) is 1. The summed E-state index contributed by atoms with van der Waals surface area (Å²) < 4.78 is 16.3. The molecule has 6 nitrogen and oxygen atoms in total. The second-order valence-electron chi connectivity index (χ2n) is 6.72. The van der Waals surface area contributed by atoms with E-state index in [9.17, 15) is 10.1 Å². The summed E-state index contributed by atoms with van der Waals surface area (Å²) in [5.74, 6) is 0.615. The smallest absolute Gasteiger partial charge is 0.335 e. The maximum Gasteiger partial charge on any atom is 0.335 e. The van der Waals surface area contributed by atoms with Gasteiger partial charge in [-0.05, 0) is 65.2 Å². The monoisotopic (exact) mass is 449 g/mol. The molecule has 7 heteroatoms. The van der Waals surface area contributed by atoms with Crippen molar-refractivity contribution in [2.24, 2.45) is 0 Å². The van der Waals surface area contributed by atoms with E-state index in [0.717, 1.165) is 11.1 Å². The SMILES string of the molecule is COc1ccc(/C(C#N)=C/c2ccc(OCc3ccc(C(=O)O)cc3)c(Cl)c2)cc1OC. The van der Waals surface area contributed by atoms with Gasteiger partial charge in [0, 0.05) is 0 Å². The molecule has 3 aromatic carbocycles. The highest BCUT2D eigenvalue weighted by molar-refractivity contribution is 6.32. The van der Waals surface area contributed by atoms with Crippen molar-refractivity contribution in [2.75, 3.05) is 14.2 Å². The van der Waals surface area contributed by atoms with Gasteiger partial charge in [-0.15, -0.1) is 0 Å². The van der Waals surface area contributed by atoms with Crippen molar-refractivity contribution >= 4 is 29.2 Å². The van der Waals surface area contributed by atoms with Gasteiger partial charge in [-0.3, -0.25) is 0 Å². The maximum atomic E-state index is 10.9. The van der Waals surface area contributed by atoms with Gasteiger partial charge in [0.25, 0.3) is 0 Å². The lowest BCUT2D eigenvalue weighted by Gasteiger charge is -2.10. The third-order valence-corrected chi connectivity index (χ3v) is 4.97. The van der Waals surface area contributed by atoms with Gasteiger partial charge < -0.3 is 19.3 Å². The third-order valence-electron chi connectivity index (χ3n) is 4.68. The molecule has 0 atom stereocenters. The number of halogens is 1. The fourth-order valence-electron chi connectivity index (χ4n) is 2.98. The fraction of sp³-hybridized carbons (Fsp3) is 0.120. The zero-order valence-electron chi connectivity index (χ0n) is 17.5. The molecule has 1 N–H and O–H groups in total. The normalized spacial score (nSPS) is 10.9. The van der Waals surface area contributed by atoms with Crippen LogP contribution in [0, 0.1) is 11.3 Å². The summed E-state index contributed by atoms with van der Waals surface area (Å²) in [4.78, 5) is 10.9. The highest BCUT2D eigenvalue weighted by atomic mass is 35.5. The first-order chi connectivity index (χ1) is 15.4. The quantitative estimate of drug-likeness (QED) is 0.350. The zero-order valence-corrected chi connectivity index (χ0v) is 18.2. The first-order valence-electron chi connectivity index (χ1n) is 9.54. The standard InChI is InChI=1S/C25H20ClNO5/c1-30-23-10-8-19(13-24(23)31-2)20(14-27)11-17-5-9-22(21(26)12-17)32-15-16-3-6-18(7-4-16)25(28)29/h3-13H,15H2,1-2H3,(H,28,29)/b20-11+. The van der Waals surface area contributed by atoms with E-state index < -0.39 is 5.97 Å². The number of rotatable bonds is 8. The molecule has 0 bridgehead atoms. The molecule has 0 saturated heterocycles. The average molecular weight is 450 g/mol. The van der Waals surface area contributed by atoms with Crippen molar-refractivity contribution < 1.29 is 24.1 Å². The highest BCUT2D eigenvalue weighted by Crippen LogP contribution is 2.32. The Labute approximate surface area is 190 Å².